The Balaban J connectivity index is 2.14. The molecule has 0 radical (unpaired) electrons. The lowest BCUT2D eigenvalue weighted by atomic mass is 10.0. The Bertz CT molecular complexity index is 457. The fourth-order valence-electron chi connectivity index (χ4n) is 1.95. The molecule has 0 amide bonds. The van der Waals surface area contributed by atoms with Crippen LogP contribution in [0.3, 0.4) is 0 Å². The average molecular weight is 274 g/mol. The molecule has 0 spiro atoms. The average Bonchev–Trinajstić information content (AvgIpc) is 2.39. The highest BCUT2D eigenvalue weighted by Crippen LogP contribution is 2.32. The van der Waals surface area contributed by atoms with Crippen LogP contribution in [0.2, 0.25) is 0 Å². The third-order valence-electron chi connectivity index (χ3n) is 2.86. The number of nitrogens with zero attached hydrogens (tertiary/aromatic N) is 1. The highest BCUT2D eigenvalue weighted by molar-refractivity contribution is 5.97. The number of ketones is 1. The largest absolute Gasteiger partial charge is 0.417 e. The Morgan fingerprint density at radius 3 is 2.95 bits per heavy atom. The molecule has 1 fully saturated rings. The highest BCUT2D eigenvalue weighted by atomic mass is 19.4. The van der Waals surface area contributed by atoms with Crippen LogP contribution in [-0.2, 0) is 10.9 Å². The summed E-state index contributed by atoms with van der Waals surface area (Å²) >= 11 is 0. The van der Waals surface area contributed by atoms with E-state index in [2.05, 4.69) is 10.3 Å². The lowest BCUT2D eigenvalue weighted by molar-refractivity contribution is -0.138. The number of halogens is 3. The Morgan fingerprint density at radius 2 is 2.32 bits per heavy atom. The molecule has 0 aromatic carbocycles. The van der Waals surface area contributed by atoms with Gasteiger partial charge in [0.05, 0.1) is 18.8 Å². The number of aromatic nitrogens is 1. The van der Waals surface area contributed by atoms with Crippen LogP contribution in [0.25, 0.3) is 0 Å². The van der Waals surface area contributed by atoms with Crippen LogP contribution in [0.1, 0.15) is 22.3 Å². The first-order valence-electron chi connectivity index (χ1n) is 5.84. The van der Waals surface area contributed by atoms with E-state index in [9.17, 15) is 18.0 Å². The lowest BCUT2D eigenvalue weighted by Crippen LogP contribution is -2.42. The van der Waals surface area contributed by atoms with Crippen LogP contribution in [0.15, 0.2) is 18.5 Å². The second-order valence-corrected chi connectivity index (χ2v) is 4.27. The zero-order valence-electron chi connectivity index (χ0n) is 10.0. The van der Waals surface area contributed by atoms with Crippen molar-refractivity contribution in [2.45, 2.75) is 18.6 Å². The maximum absolute atomic E-state index is 12.8. The number of pyridine rings is 1. The van der Waals surface area contributed by atoms with Crippen molar-refractivity contribution in [1.82, 2.24) is 10.3 Å². The second-order valence-electron chi connectivity index (χ2n) is 4.27. The molecule has 2 rings (SSSR count). The highest BCUT2D eigenvalue weighted by Gasteiger charge is 2.35. The van der Waals surface area contributed by atoms with Gasteiger partial charge in [-0.05, 0) is 6.07 Å². The first-order chi connectivity index (χ1) is 8.98. The maximum Gasteiger partial charge on any atom is 0.417 e. The number of ether oxygens (including phenoxy) is 1. The van der Waals surface area contributed by atoms with Gasteiger partial charge in [0.2, 0.25) is 0 Å². The van der Waals surface area contributed by atoms with Gasteiger partial charge in [0.25, 0.3) is 0 Å². The molecule has 19 heavy (non-hydrogen) atoms. The van der Waals surface area contributed by atoms with Crippen LogP contribution >= 0.6 is 0 Å². The smallest absolute Gasteiger partial charge is 0.378 e. The summed E-state index contributed by atoms with van der Waals surface area (Å²) in [6.45, 7) is 1.47. The fourth-order valence-corrected chi connectivity index (χ4v) is 1.95. The Labute approximate surface area is 108 Å². The molecule has 7 heteroatoms. The van der Waals surface area contributed by atoms with Gasteiger partial charge in [-0.1, -0.05) is 0 Å². The Hall–Kier alpha value is -1.47. The predicted octanol–water partition coefficient (Wildman–Crippen LogP) is 1.66. The summed E-state index contributed by atoms with van der Waals surface area (Å²) < 4.78 is 43.5. The summed E-state index contributed by atoms with van der Waals surface area (Å²) in [6, 6.07) is 0.570. The van der Waals surface area contributed by atoms with Gasteiger partial charge in [0.1, 0.15) is 0 Å². The molecular formula is C12H13F3N2O2. The zero-order valence-corrected chi connectivity index (χ0v) is 10.0. The number of hydrogen-bond acceptors (Lipinski definition) is 4. The first-order valence-corrected chi connectivity index (χ1v) is 5.84. The number of carbonyl (C=O) groups is 1. The molecule has 1 aromatic heterocycles. The van der Waals surface area contributed by atoms with Crippen LogP contribution < -0.4 is 5.32 Å². The maximum atomic E-state index is 12.8. The molecule has 1 aliphatic heterocycles. The molecule has 1 atom stereocenters. The van der Waals surface area contributed by atoms with Crippen LogP contribution in [0, 0.1) is 0 Å². The summed E-state index contributed by atoms with van der Waals surface area (Å²) in [5.74, 6) is -0.580. The number of carbonyl (C=O) groups excluding carboxylic acids is 1. The summed E-state index contributed by atoms with van der Waals surface area (Å²) in [7, 11) is 0. The molecule has 1 saturated heterocycles. The van der Waals surface area contributed by atoms with E-state index in [1.165, 1.54) is 0 Å². The molecule has 4 nitrogen and oxygen atoms in total. The minimum atomic E-state index is -4.55. The standard InChI is InChI=1S/C12H13F3N2O2/c13-12(14,15)10-1-2-16-6-9(10)11(18)5-8-7-19-4-3-17-8/h1-2,6,8,17H,3-5,7H2. The summed E-state index contributed by atoms with van der Waals surface area (Å²) in [6.07, 6.45) is -2.59. The van der Waals surface area contributed by atoms with E-state index < -0.39 is 17.5 Å². The number of morpholine rings is 1. The molecule has 1 N–H and O–H groups in total. The van der Waals surface area contributed by atoms with Crippen molar-refractivity contribution in [2.24, 2.45) is 0 Å². The van der Waals surface area contributed by atoms with Gasteiger partial charge in [-0.3, -0.25) is 9.78 Å². The van der Waals surface area contributed by atoms with E-state index in [-0.39, 0.29) is 18.0 Å². The Kier molecular flexibility index (Phi) is 4.16. The molecule has 0 bridgehead atoms. The van der Waals surface area contributed by atoms with Crippen LogP contribution in [-0.4, -0.2) is 36.6 Å². The van der Waals surface area contributed by atoms with Gasteiger partial charge in [-0.15, -0.1) is 0 Å². The lowest BCUT2D eigenvalue weighted by Gasteiger charge is -2.23. The van der Waals surface area contributed by atoms with E-state index in [1.54, 1.807) is 0 Å². The quantitative estimate of drug-likeness (QED) is 0.852. The molecule has 1 aromatic rings. The molecule has 0 aliphatic carbocycles. The van der Waals surface area contributed by atoms with Crippen molar-refractivity contribution >= 4 is 5.78 Å². The monoisotopic (exact) mass is 274 g/mol. The third kappa shape index (κ3) is 3.51. The molecular weight excluding hydrogens is 261 g/mol. The zero-order chi connectivity index (χ0) is 13.9. The van der Waals surface area contributed by atoms with Gasteiger partial charge in [0.15, 0.2) is 5.78 Å². The third-order valence-corrected chi connectivity index (χ3v) is 2.86. The first kappa shape index (κ1) is 14.0. The number of nitrogens with one attached hydrogen (secondary N) is 1. The van der Waals surface area contributed by atoms with Crippen molar-refractivity contribution in [1.29, 1.82) is 0 Å². The number of hydrogen-bond donors (Lipinski definition) is 1. The summed E-state index contributed by atoms with van der Waals surface area (Å²) in [5, 5.41) is 3.03. The number of alkyl halides is 3. The molecule has 104 valence electrons. The normalized spacial score (nSPS) is 20.3. The van der Waals surface area contributed by atoms with Gasteiger partial charge >= 0.3 is 6.18 Å². The van der Waals surface area contributed by atoms with Gasteiger partial charge in [0, 0.05) is 37.0 Å². The minimum Gasteiger partial charge on any atom is -0.378 e. The number of rotatable bonds is 3. The Morgan fingerprint density at radius 1 is 1.53 bits per heavy atom. The van der Waals surface area contributed by atoms with Crippen molar-refractivity contribution in [2.75, 3.05) is 19.8 Å². The molecule has 2 heterocycles. The van der Waals surface area contributed by atoms with E-state index in [0.29, 0.717) is 19.8 Å². The van der Waals surface area contributed by atoms with Crippen LogP contribution in [0.4, 0.5) is 13.2 Å². The van der Waals surface area contributed by atoms with Crippen molar-refractivity contribution in [3.8, 4) is 0 Å². The summed E-state index contributed by atoms with van der Waals surface area (Å²) in [5.41, 5.74) is -1.33. The van der Waals surface area contributed by atoms with E-state index in [1.807, 2.05) is 0 Å². The van der Waals surface area contributed by atoms with Crippen molar-refractivity contribution < 1.29 is 22.7 Å². The fraction of sp³-hybridized carbons (Fsp3) is 0.500. The second kappa shape index (κ2) is 5.66. The SMILES string of the molecule is O=C(CC1COCCN1)c1cnccc1C(F)(F)F. The van der Waals surface area contributed by atoms with Crippen molar-refractivity contribution in [3.05, 3.63) is 29.6 Å². The minimum absolute atomic E-state index is 0.0330. The van der Waals surface area contributed by atoms with Gasteiger partial charge < -0.3 is 10.1 Å². The molecule has 1 aliphatic rings. The summed E-state index contributed by atoms with van der Waals surface area (Å²) in [4.78, 5) is 15.5. The topological polar surface area (TPSA) is 51.2 Å². The van der Waals surface area contributed by atoms with Crippen molar-refractivity contribution in [3.63, 3.8) is 0 Å². The van der Waals surface area contributed by atoms with Gasteiger partial charge in [-0.25, -0.2) is 0 Å². The number of Topliss-reactive ketones (excluding diaryl/α,β-unsaturated/α-hetero) is 1. The van der Waals surface area contributed by atoms with E-state index in [4.69, 9.17) is 4.74 Å². The van der Waals surface area contributed by atoms with E-state index >= 15 is 0 Å². The van der Waals surface area contributed by atoms with Gasteiger partial charge in [-0.2, -0.15) is 13.2 Å². The van der Waals surface area contributed by atoms with E-state index in [0.717, 1.165) is 18.5 Å². The molecule has 1 unspecified atom stereocenters. The van der Waals surface area contributed by atoms with Crippen LogP contribution in [0.5, 0.6) is 0 Å². The molecule has 0 saturated carbocycles. The predicted molar refractivity (Wildman–Crippen MR) is 60.8 cm³/mol.